The Morgan fingerprint density at radius 2 is 2.12 bits per heavy atom. The molecule has 1 aromatic carbocycles. The molecular weight excluding hydrogens is 322 g/mol. The minimum absolute atomic E-state index is 0.0647. The lowest BCUT2D eigenvalue weighted by Crippen LogP contribution is -2.28. The van der Waals surface area contributed by atoms with Crippen molar-refractivity contribution in [3.63, 3.8) is 0 Å². The van der Waals surface area contributed by atoms with Crippen LogP contribution in [0.4, 0.5) is 0 Å². The van der Waals surface area contributed by atoms with E-state index in [0.29, 0.717) is 12.1 Å². The number of benzene rings is 1. The fraction of sp³-hybridized carbons (Fsp3) is 0.389. The first kappa shape index (κ1) is 15.3. The maximum atomic E-state index is 12.2. The molecule has 2 N–H and O–H groups in total. The largest absolute Gasteiger partial charge is 0.350 e. The maximum Gasteiger partial charge on any atom is 0.252 e. The first-order valence-corrected chi connectivity index (χ1v) is 9.16. The summed E-state index contributed by atoms with van der Waals surface area (Å²) in [6, 6.07) is 7.19. The van der Waals surface area contributed by atoms with Crippen LogP contribution in [-0.4, -0.2) is 16.8 Å². The Hall–Kier alpha value is -2.21. The van der Waals surface area contributed by atoms with Gasteiger partial charge in [0.25, 0.3) is 5.91 Å². The molecule has 1 unspecified atom stereocenters. The van der Waals surface area contributed by atoms with E-state index in [2.05, 4.69) is 15.6 Å². The second kappa shape index (κ2) is 6.36. The average molecular weight is 341 g/mol. The molecule has 2 amide bonds. The average Bonchev–Trinajstić information content (AvgIpc) is 3.15. The van der Waals surface area contributed by atoms with Crippen molar-refractivity contribution in [2.24, 2.45) is 0 Å². The van der Waals surface area contributed by atoms with Crippen LogP contribution in [0.5, 0.6) is 0 Å². The molecule has 2 aliphatic rings. The Morgan fingerprint density at radius 3 is 3.00 bits per heavy atom. The number of rotatable bonds is 4. The zero-order valence-corrected chi connectivity index (χ0v) is 14.1. The fourth-order valence-corrected chi connectivity index (χ4v) is 4.49. The van der Waals surface area contributed by atoms with Crippen LogP contribution < -0.4 is 10.6 Å². The number of carbonyl (C=O) groups excluding carboxylic acids is 2. The Kier molecular flexibility index (Phi) is 4.06. The normalized spacial score (nSPS) is 18.7. The molecule has 2 aromatic rings. The van der Waals surface area contributed by atoms with Crippen LogP contribution in [0.3, 0.4) is 0 Å². The molecule has 24 heavy (non-hydrogen) atoms. The van der Waals surface area contributed by atoms with Crippen molar-refractivity contribution in [3.05, 3.63) is 51.0 Å². The minimum Gasteiger partial charge on any atom is -0.350 e. The van der Waals surface area contributed by atoms with Crippen molar-refractivity contribution >= 4 is 23.2 Å². The highest BCUT2D eigenvalue weighted by molar-refractivity contribution is 7.11. The lowest BCUT2D eigenvalue weighted by atomic mass is 10.0. The van der Waals surface area contributed by atoms with Crippen LogP contribution in [0.1, 0.15) is 56.8 Å². The predicted octanol–water partition coefficient (Wildman–Crippen LogP) is 2.51. The number of fused-ring (bicyclic) bond motifs is 2. The number of nitrogens with zero attached hydrogens (tertiary/aromatic N) is 1. The summed E-state index contributed by atoms with van der Waals surface area (Å²) in [5.41, 5.74) is 2.79. The van der Waals surface area contributed by atoms with Crippen LogP contribution in [0.25, 0.3) is 0 Å². The van der Waals surface area contributed by atoms with Gasteiger partial charge in [-0.15, -0.1) is 11.3 Å². The number of carbonyl (C=O) groups is 2. The molecule has 4 rings (SSSR count). The van der Waals surface area contributed by atoms with E-state index in [0.717, 1.165) is 23.4 Å². The highest BCUT2D eigenvalue weighted by atomic mass is 32.1. The van der Waals surface area contributed by atoms with E-state index in [1.807, 2.05) is 18.2 Å². The van der Waals surface area contributed by atoms with E-state index >= 15 is 0 Å². The van der Waals surface area contributed by atoms with Gasteiger partial charge in [-0.05, 0) is 37.3 Å². The summed E-state index contributed by atoms with van der Waals surface area (Å²) in [5.74, 6) is -0.166. The van der Waals surface area contributed by atoms with Gasteiger partial charge in [0.1, 0.15) is 5.01 Å². The highest BCUT2D eigenvalue weighted by Crippen LogP contribution is 2.28. The Labute approximate surface area is 144 Å². The van der Waals surface area contributed by atoms with Crippen molar-refractivity contribution in [3.8, 4) is 0 Å². The van der Waals surface area contributed by atoms with Gasteiger partial charge in [0.15, 0.2) is 0 Å². The molecule has 0 saturated carbocycles. The van der Waals surface area contributed by atoms with Crippen LogP contribution in [0.2, 0.25) is 0 Å². The number of aryl methyl sites for hydroxylation is 2. The van der Waals surface area contributed by atoms with Crippen LogP contribution in [-0.2, 0) is 24.2 Å². The third-order valence-corrected chi connectivity index (χ3v) is 5.76. The molecule has 2 heterocycles. The molecule has 0 fully saturated rings. The van der Waals surface area contributed by atoms with E-state index < -0.39 is 0 Å². The molecule has 1 atom stereocenters. The van der Waals surface area contributed by atoms with Gasteiger partial charge in [-0.2, -0.15) is 0 Å². The number of hydrogen-bond donors (Lipinski definition) is 2. The maximum absolute atomic E-state index is 12.2. The molecule has 124 valence electrons. The minimum atomic E-state index is -0.238. The van der Waals surface area contributed by atoms with Gasteiger partial charge in [0.05, 0.1) is 24.7 Å². The summed E-state index contributed by atoms with van der Waals surface area (Å²) >= 11 is 1.71. The summed E-state index contributed by atoms with van der Waals surface area (Å²) in [6.07, 6.45) is 4.88. The van der Waals surface area contributed by atoms with E-state index in [4.69, 9.17) is 0 Å². The van der Waals surface area contributed by atoms with E-state index in [-0.39, 0.29) is 24.3 Å². The fourth-order valence-electron chi connectivity index (χ4n) is 3.40. The number of aromatic nitrogens is 1. The van der Waals surface area contributed by atoms with Crippen molar-refractivity contribution in [1.29, 1.82) is 0 Å². The Bertz CT molecular complexity index is 776. The monoisotopic (exact) mass is 341 g/mol. The summed E-state index contributed by atoms with van der Waals surface area (Å²) in [5, 5.41) is 6.79. The molecule has 0 bridgehead atoms. The van der Waals surface area contributed by atoms with Gasteiger partial charge in [0.2, 0.25) is 5.91 Å². The molecule has 0 radical (unpaired) electrons. The van der Waals surface area contributed by atoms with Gasteiger partial charge in [-0.1, -0.05) is 18.2 Å². The van der Waals surface area contributed by atoms with Crippen molar-refractivity contribution < 1.29 is 9.59 Å². The molecule has 1 aliphatic carbocycles. The van der Waals surface area contributed by atoms with Gasteiger partial charge in [-0.25, -0.2) is 4.98 Å². The number of amides is 2. The van der Waals surface area contributed by atoms with E-state index in [1.54, 1.807) is 17.4 Å². The molecule has 0 spiro atoms. The topological polar surface area (TPSA) is 71.1 Å². The smallest absolute Gasteiger partial charge is 0.252 e. The molecule has 6 heteroatoms. The molecule has 1 aliphatic heterocycles. The van der Waals surface area contributed by atoms with Crippen molar-refractivity contribution in [2.45, 2.75) is 44.7 Å². The summed E-state index contributed by atoms with van der Waals surface area (Å²) in [6.45, 7) is 0.471. The van der Waals surface area contributed by atoms with Gasteiger partial charge < -0.3 is 10.6 Å². The Morgan fingerprint density at radius 1 is 1.29 bits per heavy atom. The first-order valence-electron chi connectivity index (χ1n) is 8.34. The zero-order chi connectivity index (χ0) is 16.5. The third kappa shape index (κ3) is 2.94. The molecule has 5 nitrogen and oxygen atoms in total. The van der Waals surface area contributed by atoms with Crippen LogP contribution in [0.15, 0.2) is 24.3 Å². The molecular formula is C18H19N3O2S. The predicted molar refractivity (Wildman–Crippen MR) is 91.9 cm³/mol. The van der Waals surface area contributed by atoms with E-state index in [9.17, 15) is 9.59 Å². The van der Waals surface area contributed by atoms with Gasteiger partial charge in [0, 0.05) is 10.4 Å². The highest BCUT2D eigenvalue weighted by Gasteiger charge is 2.29. The summed E-state index contributed by atoms with van der Waals surface area (Å²) in [7, 11) is 0. The SMILES string of the molecule is O=C(CC1NC(=O)c2ccccc21)NCc1nc2c(s1)CCCC2. The van der Waals surface area contributed by atoms with Gasteiger partial charge >= 0.3 is 0 Å². The number of hydrogen-bond acceptors (Lipinski definition) is 4. The van der Waals surface area contributed by atoms with Crippen molar-refractivity contribution in [2.75, 3.05) is 0 Å². The lowest BCUT2D eigenvalue weighted by molar-refractivity contribution is -0.121. The van der Waals surface area contributed by atoms with E-state index in [1.165, 1.54) is 23.4 Å². The lowest BCUT2D eigenvalue weighted by Gasteiger charge is -2.11. The second-order valence-corrected chi connectivity index (χ2v) is 7.45. The van der Waals surface area contributed by atoms with Crippen molar-refractivity contribution in [1.82, 2.24) is 15.6 Å². The quantitative estimate of drug-likeness (QED) is 0.898. The number of nitrogens with one attached hydrogen (secondary N) is 2. The first-order chi connectivity index (χ1) is 11.7. The summed E-state index contributed by atoms with van der Waals surface area (Å²) < 4.78 is 0. The third-order valence-electron chi connectivity index (χ3n) is 4.60. The molecule has 1 aromatic heterocycles. The van der Waals surface area contributed by atoms with Crippen LogP contribution in [0, 0.1) is 0 Å². The van der Waals surface area contributed by atoms with Crippen LogP contribution >= 0.6 is 11.3 Å². The summed E-state index contributed by atoms with van der Waals surface area (Å²) in [4.78, 5) is 30.2. The number of thiazole rings is 1. The van der Waals surface area contributed by atoms with Gasteiger partial charge in [-0.3, -0.25) is 9.59 Å². The second-order valence-electron chi connectivity index (χ2n) is 6.28. The zero-order valence-electron chi connectivity index (χ0n) is 13.3. The molecule has 0 saturated heterocycles. The standard InChI is InChI=1S/C18H19N3O2S/c22-16(9-14-11-5-1-2-6-12(11)18(23)21-14)19-10-17-20-13-7-3-4-8-15(13)24-17/h1-2,5-6,14H,3-4,7-10H2,(H,19,22)(H,21,23). The Balaban J connectivity index is 1.36.